The molecular formula is C10H11N3O3S. The van der Waals surface area contributed by atoms with Crippen molar-refractivity contribution in [3.8, 4) is 6.07 Å². The third kappa shape index (κ3) is 3.41. The van der Waals surface area contributed by atoms with Gasteiger partial charge in [0.05, 0.1) is 16.1 Å². The number of nitrogens with zero attached hydrogens (tertiary/aromatic N) is 3. The summed E-state index contributed by atoms with van der Waals surface area (Å²) in [5.41, 5.74) is -0.514. The van der Waals surface area contributed by atoms with Gasteiger partial charge in [-0.3, -0.25) is 10.1 Å². The minimum atomic E-state index is -0.641. The molecule has 7 heteroatoms. The van der Waals surface area contributed by atoms with E-state index in [0.717, 1.165) is 0 Å². The zero-order chi connectivity index (χ0) is 13.0. The van der Waals surface area contributed by atoms with E-state index in [1.807, 2.05) is 6.92 Å². The van der Waals surface area contributed by atoms with E-state index in [9.17, 15) is 15.2 Å². The van der Waals surface area contributed by atoms with Crippen LogP contribution in [-0.4, -0.2) is 26.4 Å². The van der Waals surface area contributed by atoms with E-state index in [0.29, 0.717) is 5.03 Å². The summed E-state index contributed by atoms with van der Waals surface area (Å²) in [6, 6.07) is 4.42. The molecule has 0 saturated heterocycles. The van der Waals surface area contributed by atoms with Gasteiger partial charge in [0.2, 0.25) is 5.69 Å². The molecule has 0 aromatic carbocycles. The molecule has 2 unspecified atom stereocenters. The first-order valence-corrected chi connectivity index (χ1v) is 5.74. The normalized spacial score (nSPS) is 13.8. The van der Waals surface area contributed by atoms with Crippen LogP contribution in [0.3, 0.4) is 0 Å². The Hall–Kier alpha value is -1.65. The highest BCUT2D eigenvalue weighted by atomic mass is 32.2. The molecule has 0 amide bonds. The van der Waals surface area contributed by atoms with Gasteiger partial charge in [0.15, 0.2) is 0 Å². The molecule has 1 aromatic heterocycles. The van der Waals surface area contributed by atoms with E-state index in [2.05, 4.69) is 4.98 Å². The van der Waals surface area contributed by atoms with Crippen LogP contribution in [0.4, 0.5) is 5.69 Å². The summed E-state index contributed by atoms with van der Waals surface area (Å²) in [5.74, 6) is 0. The monoisotopic (exact) mass is 253 g/mol. The van der Waals surface area contributed by atoms with E-state index in [1.54, 1.807) is 13.0 Å². The van der Waals surface area contributed by atoms with Gasteiger partial charge in [-0.2, -0.15) is 5.26 Å². The molecule has 0 radical (unpaired) electrons. The van der Waals surface area contributed by atoms with Crippen molar-refractivity contribution >= 4 is 17.4 Å². The number of aromatic nitrogens is 1. The largest absolute Gasteiger partial charge is 0.392 e. The highest BCUT2D eigenvalue weighted by molar-refractivity contribution is 7.99. The molecule has 0 aliphatic carbocycles. The Morgan fingerprint density at radius 2 is 2.24 bits per heavy atom. The number of nitro groups is 1. The van der Waals surface area contributed by atoms with Crippen molar-refractivity contribution in [2.24, 2.45) is 0 Å². The van der Waals surface area contributed by atoms with E-state index in [-0.39, 0.29) is 16.6 Å². The maximum Gasteiger partial charge on any atom is 0.305 e. The Morgan fingerprint density at radius 1 is 1.59 bits per heavy atom. The lowest BCUT2D eigenvalue weighted by Crippen LogP contribution is -2.15. The molecule has 6 nitrogen and oxygen atoms in total. The first-order chi connectivity index (χ1) is 7.95. The number of nitriles is 1. The number of thioether (sulfide) groups is 1. The number of hydrogen-bond donors (Lipinski definition) is 1. The third-order valence-electron chi connectivity index (χ3n) is 2.14. The molecule has 1 aromatic rings. The van der Waals surface area contributed by atoms with E-state index < -0.39 is 11.0 Å². The van der Waals surface area contributed by atoms with Gasteiger partial charge in [0, 0.05) is 11.3 Å². The van der Waals surface area contributed by atoms with Crippen LogP contribution in [-0.2, 0) is 0 Å². The molecule has 0 bridgehead atoms. The van der Waals surface area contributed by atoms with Gasteiger partial charge in [-0.05, 0) is 13.0 Å². The smallest absolute Gasteiger partial charge is 0.305 e. The molecule has 0 saturated carbocycles. The quantitative estimate of drug-likeness (QED) is 0.498. The van der Waals surface area contributed by atoms with Crippen molar-refractivity contribution in [1.29, 1.82) is 5.26 Å². The average molecular weight is 253 g/mol. The summed E-state index contributed by atoms with van der Waals surface area (Å²) in [4.78, 5) is 13.8. The van der Waals surface area contributed by atoms with Crippen molar-refractivity contribution in [2.75, 3.05) is 0 Å². The lowest BCUT2D eigenvalue weighted by atomic mass is 10.3. The van der Waals surface area contributed by atoms with Crippen molar-refractivity contribution in [2.45, 2.75) is 30.2 Å². The second-order valence-electron chi connectivity index (χ2n) is 3.45. The van der Waals surface area contributed by atoms with Crippen LogP contribution in [0.2, 0.25) is 0 Å². The topological polar surface area (TPSA) is 100 Å². The summed E-state index contributed by atoms with van der Waals surface area (Å²) in [6.07, 6.45) is -0.525. The van der Waals surface area contributed by atoms with Crippen molar-refractivity contribution in [1.82, 2.24) is 4.98 Å². The van der Waals surface area contributed by atoms with Crippen LogP contribution in [0.25, 0.3) is 0 Å². The summed E-state index contributed by atoms with van der Waals surface area (Å²) < 4.78 is 0. The van der Waals surface area contributed by atoms with Crippen LogP contribution in [0.1, 0.15) is 19.5 Å². The average Bonchev–Trinajstić information content (AvgIpc) is 2.28. The Labute approximate surface area is 102 Å². The summed E-state index contributed by atoms with van der Waals surface area (Å²) in [5, 5.41) is 29.1. The Bertz CT molecular complexity index is 470. The number of rotatable bonds is 4. The maximum atomic E-state index is 10.6. The van der Waals surface area contributed by atoms with E-state index in [1.165, 1.54) is 23.9 Å². The van der Waals surface area contributed by atoms with Gasteiger partial charge < -0.3 is 5.11 Å². The van der Waals surface area contributed by atoms with Gasteiger partial charge in [0.1, 0.15) is 6.07 Å². The fourth-order valence-corrected chi connectivity index (χ4v) is 1.89. The predicted octanol–water partition coefficient (Wildman–Crippen LogP) is 1.72. The van der Waals surface area contributed by atoms with E-state index in [4.69, 9.17) is 5.26 Å². The highest BCUT2D eigenvalue weighted by Gasteiger charge is 2.17. The Balaban J connectivity index is 2.99. The van der Waals surface area contributed by atoms with Gasteiger partial charge in [0.25, 0.3) is 0 Å². The third-order valence-corrected chi connectivity index (χ3v) is 3.37. The summed E-state index contributed by atoms with van der Waals surface area (Å²) in [7, 11) is 0. The first kappa shape index (κ1) is 13.4. The van der Waals surface area contributed by atoms with Crippen LogP contribution in [0.15, 0.2) is 17.2 Å². The van der Waals surface area contributed by atoms with Crippen LogP contribution in [0, 0.1) is 21.4 Å². The maximum absolute atomic E-state index is 10.6. The molecule has 90 valence electrons. The van der Waals surface area contributed by atoms with Crippen LogP contribution >= 0.6 is 11.8 Å². The molecule has 0 aliphatic rings. The van der Waals surface area contributed by atoms with E-state index >= 15 is 0 Å². The number of aliphatic hydroxyl groups is 1. The minimum Gasteiger partial charge on any atom is -0.392 e. The summed E-state index contributed by atoms with van der Waals surface area (Å²) in [6.45, 7) is 3.46. The zero-order valence-corrected chi connectivity index (χ0v) is 10.1. The second-order valence-corrected chi connectivity index (χ2v) is 4.85. The molecule has 0 spiro atoms. The van der Waals surface area contributed by atoms with Gasteiger partial charge >= 0.3 is 5.69 Å². The molecule has 1 rings (SSSR count). The van der Waals surface area contributed by atoms with Crippen molar-refractivity contribution < 1.29 is 10.0 Å². The fraction of sp³-hybridized carbons (Fsp3) is 0.400. The number of hydrogen-bond acceptors (Lipinski definition) is 6. The van der Waals surface area contributed by atoms with Gasteiger partial charge in [-0.15, -0.1) is 11.8 Å². The molecule has 1 N–H and O–H groups in total. The summed E-state index contributed by atoms with van der Waals surface area (Å²) >= 11 is 1.27. The van der Waals surface area contributed by atoms with Crippen molar-refractivity contribution in [3.63, 3.8) is 0 Å². The van der Waals surface area contributed by atoms with Crippen LogP contribution < -0.4 is 0 Å². The lowest BCUT2D eigenvalue weighted by molar-refractivity contribution is -0.385. The molecule has 2 atom stereocenters. The number of aliphatic hydroxyl groups excluding tert-OH is 1. The number of pyridine rings is 1. The highest BCUT2D eigenvalue weighted by Crippen LogP contribution is 2.26. The molecule has 1 heterocycles. The first-order valence-electron chi connectivity index (χ1n) is 4.86. The standard InChI is InChI=1S/C10H11N3O3S/c1-6(14)7(2)17-10-4-3-9(13(15)16)8(5-11)12-10/h3-4,6-7,14H,1-2H3. The van der Waals surface area contributed by atoms with Crippen LogP contribution in [0.5, 0.6) is 0 Å². The molecular weight excluding hydrogens is 242 g/mol. The van der Waals surface area contributed by atoms with Crippen molar-refractivity contribution in [3.05, 3.63) is 27.9 Å². The Kier molecular flexibility index (Phi) is 4.43. The fourth-order valence-electron chi connectivity index (χ4n) is 1.02. The molecule has 17 heavy (non-hydrogen) atoms. The molecule has 0 fully saturated rings. The lowest BCUT2D eigenvalue weighted by Gasteiger charge is -2.12. The zero-order valence-electron chi connectivity index (χ0n) is 9.32. The van der Waals surface area contributed by atoms with Gasteiger partial charge in [-0.1, -0.05) is 6.92 Å². The predicted molar refractivity (Wildman–Crippen MR) is 62.6 cm³/mol. The Morgan fingerprint density at radius 3 is 2.71 bits per heavy atom. The SMILES string of the molecule is CC(O)C(C)Sc1ccc([N+](=O)[O-])c(C#N)n1. The molecule has 0 aliphatic heterocycles. The van der Waals surface area contributed by atoms with Gasteiger partial charge in [-0.25, -0.2) is 4.98 Å². The minimum absolute atomic E-state index is 0.101. The second kappa shape index (κ2) is 5.61.